The van der Waals surface area contributed by atoms with Crippen LogP contribution in [-0.4, -0.2) is 5.78 Å². The zero-order valence-electron chi connectivity index (χ0n) is 14.4. The van der Waals surface area contributed by atoms with Crippen LogP contribution in [0.3, 0.4) is 0 Å². The molecule has 0 unspecified atom stereocenters. The average molecular weight is 367 g/mol. The van der Waals surface area contributed by atoms with E-state index in [1.54, 1.807) is 0 Å². The van der Waals surface area contributed by atoms with Crippen molar-refractivity contribution >= 4 is 17.4 Å². The Morgan fingerprint density at radius 1 is 0.481 bits per heavy atom. The lowest BCUT2D eigenvalue weighted by atomic mass is 9.90. The largest absolute Gasteiger partial charge is 0.289 e. The van der Waals surface area contributed by atoms with Crippen molar-refractivity contribution in [2.45, 2.75) is 0 Å². The average Bonchev–Trinajstić information content (AvgIpc) is 3.02. The van der Waals surface area contributed by atoms with Crippen molar-refractivity contribution < 1.29 is 4.79 Å². The van der Waals surface area contributed by atoms with Gasteiger partial charge in [0.15, 0.2) is 5.78 Å². The zero-order valence-corrected chi connectivity index (χ0v) is 15.2. The van der Waals surface area contributed by atoms with Crippen LogP contribution in [0, 0.1) is 0 Å². The lowest BCUT2D eigenvalue weighted by Crippen LogP contribution is -1.99. The van der Waals surface area contributed by atoms with Gasteiger partial charge in [0.05, 0.1) is 0 Å². The normalized spacial score (nSPS) is 12.0. The molecule has 4 aromatic carbocycles. The van der Waals surface area contributed by atoms with E-state index in [0.29, 0.717) is 5.02 Å². The second-order valence-electron chi connectivity index (χ2n) is 6.66. The summed E-state index contributed by atoms with van der Waals surface area (Å²) in [6.45, 7) is 0. The number of benzene rings is 4. The SMILES string of the molecule is O=C1c2ccccc2-c2cccc(-c3ccccc3-c3ccc(Cl)cc3)c21. The zero-order chi connectivity index (χ0) is 18.4. The van der Waals surface area contributed by atoms with Crippen LogP contribution in [0.15, 0.2) is 91.0 Å². The summed E-state index contributed by atoms with van der Waals surface area (Å²) in [4.78, 5) is 13.2. The maximum absolute atomic E-state index is 13.2. The molecule has 0 aromatic heterocycles. The van der Waals surface area contributed by atoms with Gasteiger partial charge in [-0.1, -0.05) is 90.5 Å². The molecule has 4 aromatic rings. The van der Waals surface area contributed by atoms with Gasteiger partial charge < -0.3 is 0 Å². The predicted octanol–water partition coefficient (Wildman–Crippen LogP) is 6.89. The molecule has 27 heavy (non-hydrogen) atoms. The Labute approximate surface area is 162 Å². The van der Waals surface area contributed by atoms with E-state index in [1.807, 2.05) is 78.9 Å². The van der Waals surface area contributed by atoms with Crippen molar-refractivity contribution in [1.82, 2.24) is 0 Å². The predicted molar refractivity (Wildman–Crippen MR) is 111 cm³/mol. The fraction of sp³-hybridized carbons (Fsp3) is 0. The van der Waals surface area contributed by atoms with E-state index < -0.39 is 0 Å². The topological polar surface area (TPSA) is 17.1 Å². The third kappa shape index (κ3) is 2.51. The summed E-state index contributed by atoms with van der Waals surface area (Å²) < 4.78 is 0. The number of hydrogen-bond acceptors (Lipinski definition) is 1. The van der Waals surface area contributed by atoms with E-state index in [4.69, 9.17) is 11.6 Å². The molecule has 0 N–H and O–H groups in total. The van der Waals surface area contributed by atoms with Crippen molar-refractivity contribution in [3.05, 3.63) is 107 Å². The maximum atomic E-state index is 13.2. The lowest BCUT2D eigenvalue weighted by Gasteiger charge is -2.13. The first-order chi connectivity index (χ1) is 13.2. The van der Waals surface area contributed by atoms with E-state index in [1.165, 1.54) is 0 Å². The van der Waals surface area contributed by atoms with E-state index in [0.717, 1.165) is 44.5 Å². The van der Waals surface area contributed by atoms with Crippen LogP contribution in [0.2, 0.25) is 5.02 Å². The molecule has 0 amide bonds. The Bertz CT molecular complexity index is 1190. The Balaban J connectivity index is 1.75. The summed E-state index contributed by atoms with van der Waals surface area (Å²) in [5.41, 5.74) is 7.80. The summed E-state index contributed by atoms with van der Waals surface area (Å²) in [5.74, 6) is 0.0992. The third-order valence-corrected chi connectivity index (χ3v) is 5.38. The number of carbonyl (C=O) groups excluding carboxylic acids is 1. The van der Waals surface area contributed by atoms with Crippen LogP contribution in [0.4, 0.5) is 0 Å². The molecule has 0 heterocycles. The number of fused-ring (bicyclic) bond motifs is 3. The molecule has 0 saturated carbocycles. The molecule has 1 aliphatic rings. The molecule has 0 aliphatic heterocycles. The standard InChI is InChI=1S/C25H15ClO/c26-17-14-12-16(13-15-17)18-6-1-2-7-19(18)21-10-5-11-22-20-8-3-4-9-23(20)25(27)24(21)22/h1-15H. The number of carbonyl (C=O) groups is 1. The fourth-order valence-corrected chi connectivity index (χ4v) is 4.02. The van der Waals surface area contributed by atoms with Gasteiger partial charge in [0.2, 0.25) is 0 Å². The Morgan fingerprint density at radius 3 is 1.59 bits per heavy atom. The summed E-state index contributed by atoms with van der Waals surface area (Å²) >= 11 is 6.06. The lowest BCUT2D eigenvalue weighted by molar-refractivity contribution is 0.104. The minimum atomic E-state index is 0.0992. The molecule has 0 fully saturated rings. The number of halogens is 1. The van der Waals surface area contributed by atoms with Gasteiger partial charge in [-0.2, -0.15) is 0 Å². The van der Waals surface area contributed by atoms with Gasteiger partial charge in [-0.15, -0.1) is 0 Å². The Kier molecular flexibility index (Phi) is 3.70. The molecule has 1 nitrogen and oxygen atoms in total. The summed E-state index contributed by atoms with van der Waals surface area (Å²) in [7, 11) is 0. The van der Waals surface area contributed by atoms with Crippen molar-refractivity contribution in [1.29, 1.82) is 0 Å². The summed E-state index contributed by atoms with van der Waals surface area (Å²) in [6.07, 6.45) is 0. The molecule has 1 aliphatic carbocycles. The number of ketones is 1. The fourth-order valence-electron chi connectivity index (χ4n) is 3.90. The van der Waals surface area contributed by atoms with Gasteiger partial charge in [-0.3, -0.25) is 4.79 Å². The van der Waals surface area contributed by atoms with Crippen LogP contribution in [0.25, 0.3) is 33.4 Å². The Hall–Kier alpha value is -3.16. The number of rotatable bonds is 2. The van der Waals surface area contributed by atoms with Crippen molar-refractivity contribution in [3.63, 3.8) is 0 Å². The number of hydrogen-bond donors (Lipinski definition) is 0. The van der Waals surface area contributed by atoms with Crippen LogP contribution in [-0.2, 0) is 0 Å². The molecule has 0 atom stereocenters. The molecule has 5 rings (SSSR count). The van der Waals surface area contributed by atoms with Crippen molar-refractivity contribution in [3.8, 4) is 33.4 Å². The van der Waals surface area contributed by atoms with Crippen molar-refractivity contribution in [2.24, 2.45) is 0 Å². The minimum absolute atomic E-state index is 0.0992. The molecule has 0 radical (unpaired) electrons. The summed E-state index contributed by atoms with van der Waals surface area (Å²) in [5, 5.41) is 0.711. The van der Waals surface area contributed by atoms with Gasteiger partial charge in [0, 0.05) is 16.1 Å². The highest BCUT2D eigenvalue weighted by Crippen LogP contribution is 2.43. The van der Waals surface area contributed by atoms with Gasteiger partial charge >= 0.3 is 0 Å². The molecule has 2 heteroatoms. The monoisotopic (exact) mass is 366 g/mol. The van der Waals surface area contributed by atoms with Gasteiger partial charge in [-0.25, -0.2) is 0 Å². The summed E-state index contributed by atoms with van der Waals surface area (Å²) in [6, 6.07) is 30.0. The molecule has 0 bridgehead atoms. The van der Waals surface area contributed by atoms with E-state index in [9.17, 15) is 4.79 Å². The first kappa shape index (κ1) is 16.0. The van der Waals surface area contributed by atoms with E-state index in [2.05, 4.69) is 12.1 Å². The van der Waals surface area contributed by atoms with Gasteiger partial charge in [0.1, 0.15) is 0 Å². The first-order valence-corrected chi connectivity index (χ1v) is 9.24. The second-order valence-corrected chi connectivity index (χ2v) is 7.09. The molecular weight excluding hydrogens is 352 g/mol. The molecular formula is C25H15ClO. The molecule has 0 saturated heterocycles. The highest BCUT2D eigenvalue weighted by Gasteiger charge is 2.29. The first-order valence-electron chi connectivity index (χ1n) is 8.86. The Morgan fingerprint density at radius 2 is 0.963 bits per heavy atom. The molecule has 128 valence electrons. The quantitative estimate of drug-likeness (QED) is 0.332. The van der Waals surface area contributed by atoms with Crippen LogP contribution in [0.1, 0.15) is 15.9 Å². The highest BCUT2D eigenvalue weighted by atomic mass is 35.5. The second kappa shape index (κ2) is 6.22. The van der Waals surface area contributed by atoms with Crippen LogP contribution >= 0.6 is 11.6 Å². The van der Waals surface area contributed by atoms with Gasteiger partial charge in [-0.05, 0) is 45.5 Å². The van der Waals surface area contributed by atoms with E-state index >= 15 is 0 Å². The maximum Gasteiger partial charge on any atom is 0.194 e. The van der Waals surface area contributed by atoms with Gasteiger partial charge in [0.25, 0.3) is 0 Å². The minimum Gasteiger partial charge on any atom is -0.289 e. The highest BCUT2D eigenvalue weighted by molar-refractivity contribution is 6.30. The van der Waals surface area contributed by atoms with Crippen molar-refractivity contribution in [2.75, 3.05) is 0 Å². The van der Waals surface area contributed by atoms with Crippen LogP contribution < -0.4 is 0 Å². The smallest absolute Gasteiger partial charge is 0.194 e. The third-order valence-electron chi connectivity index (χ3n) is 5.13. The van der Waals surface area contributed by atoms with Crippen LogP contribution in [0.5, 0.6) is 0 Å². The van der Waals surface area contributed by atoms with E-state index in [-0.39, 0.29) is 5.78 Å². The molecule has 0 spiro atoms.